The van der Waals surface area contributed by atoms with Gasteiger partial charge in [0, 0.05) is 11.5 Å². The Balaban J connectivity index is 1.25. The SMILES string of the molecule is CC12CCCCC1C2C(=O)NN=Cc1ccccc1OCc1cccc2ccccc12. The van der Waals surface area contributed by atoms with E-state index >= 15 is 0 Å². The van der Waals surface area contributed by atoms with Crippen molar-refractivity contribution < 1.29 is 9.53 Å². The lowest BCUT2D eigenvalue weighted by Gasteiger charge is -2.15. The van der Waals surface area contributed by atoms with E-state index in [0.29, 0.717) is 12.5 Å². The summed E-state index contributed by atoms with van der Waals surface area (Å²) in [4.78, 5) is 12.6. The molecular weight excluding hydrogens is 384 g/mol. The lowest BCUT2D eigenvalue weighted by Crippen LogP contribution is -2.22. The second kappa shape index (κ2) is 8.18. The first-order valence-electron chi connectivity index (χ1n) is 11.2. The van der Waals surface area contributed by atoms with Crippen molar-refractivity contribution in [3.8, 4) is 5.75 Å². The van der Waals surface area contributed by atoms with Crippen LogP contribution in [-0.4, -0.2) is 12.1 Å². The molecule has 0 aliphatic heterocycles. The van der Waals surface area contributed by atoms with Gasteiger partial charge >= 0.3 is 0 Å². The van der Waals surface area contributed by atoms with Crippen LogP contribution in [0.15, 0.2) is 71.8 Å². The van der Waals surface area contributed by atoms with E-state index in [0.717, 1.165) is 23.3 Å². The number of amides is 1. The third kappa shape index (κ3) is 3.83. The van der Waals surface area contributed by atoms with Crippen LogP contribution in [0, 0.1) is 17.3 Å². The van der Waals surface area contributed by atoms with Crippen molar-refractivity contribution in [3.05, 3.63) is 77.9 Å². The van der Waals surface area contributed by atoms with E-state index in [9.17, 15) is 4.79 Å². The van der Waals surface area contributed by atoms with Gasteiger partial charge in [-0.25, -0.2) is 5.43 Å². The van der Waals surface area contributed by atoms with Crippen LogP contribution in [0.5, 0.6) is 5.75 Å². The number of carbonyl (C=O) groups excluding carboxylic acids is 1. The molecule has 1 N–H and O–H groups in total. The number of nitrogens with zero attached hydrogens (tertiary/aromatic N) is 1. The van der Waals surface area contributed by atoms with E-state index in [1.807, 2.05) is 36.4 Å². The second-order valence-electron chi connectivity index (χ2n) is 9.03. The van der Waals surface area contributed by atoms with Crippen molar-refractivity contribution in [1.29, 1.82) is 0 Å². The van der Waals surface area contributed by atoms with Gasteiger partial charge < -0.3 is 4.74 Å². The first-order chi connectivity index (χ1) is 15.2. The maximum absolute atomic E-state index is 12.6. The van der Waals surface area contributed by atoms with Crippen molar-refractivity contribution >= 4 is 22.9 Å². The van der Waals surface area contributed by atoms with Gasteiger partial charge in [-0.3, -0.25) is 4.79 Å². The topological polar surface area (TPSA) is 50.7 Å². The first kappa shape index (κ1) is 19.8. The molecule has 3 atom stereocenters. The minimum absolute atomic E-state index is 0.0554. The molecule has 0 radical (unpaired) electrons. The molecule has 0 heterocycles. The summed E-state index contributed by atoms with van der Waals surface area (Å²) >= 11 is 0. The highest BCUT2D eigenvalue weighted by molar-refractivity contribution is 5.87. The Morgan fingerprint density at radius 3 is 2.77 bits per heavy atom. The number of para-hydroxylation sites is 1. The average molecular weight is 413 g/mol. The number of carbonyl (C=O) groups is 1. The number of hydrogen-bond donors (Lipinski definition) is 1. The van der Waals surface area contributed by atoms with Gasteiger partial charge in [0.1, 0.15) is 12.4 Å². The van der Waals surface area contributed by atoms with Crippen LogP contribution in [-0.2, 0) is 11.4 Å². The molecule has 0 aromatic heterocycles. The molecule has 4 nitrogen and oxygen atoms in total. The fourth-order valence-corrected chi connectivity index (χ4v) is 5.38. The van der Waals surface area contributed by atoms with Crippen LogP contribution in [0.4, 0.5) is 0 Å². The summed E-state index contributed by atoms with van der Waals surface area (Å²) in [6.07, 6.45) is 6.49. The molecule has 31 heavy (non-hydrogen) atoms. The lowest BCUT2D eigenvalue weighted by atomic mass is 9.90. The number of nitrogens with one attached hydrogen (secondary N) is 1. The number of rotatable bonds is 6. The van der Waals surface area contributed by atoms with E-state index < -0.39 is 0 Å². The Morgan fingerprint density at radius 1 is 1.10 bits per heavy atom. The zero-order chi connectivity index (χ0) is 21.3. The van der Waals surface area contributed by atoms with Crippen molar-refractivity contribution in [2.75, 3.05) is 0 Å². The van der Waals surface area contributed by atoms with Crippen molar-refractivity contribution in [3.63, 3.8) is 0 Å². The Kier molecular flexibility index (Phi) is 5.23. The minimum atomic E-state index is 0.0554. The van der Waals surface area contributed by atoms with Gasteiger partial charge in [0.25, 0.3) is 0 Å². The van der Waals surface area contributed by atoms with E-state index in [4.69, 9.17) is 4.74 Å². The number of ether oxygens (including phenoxy) is 1. The summed E-state index contributed by atoms with van der Waals surface area (Å²) in [5.41, 5.74) is 4.96. The normalized spacial score (nSPS) is 24.7. The van der Waals surface area contributed by atoms with Crippen molar-refractivity contribution in [1.82, 2.24) is 5.43 Å². The van der Waals surface area contributed by atoms with E-state index in [1.54, 1.807) is 6.21 Å². The highest BCUT2D eigenvalue weighted by Gasteiger charge is 2.64. The predicted molar refractivity (Wildman–Crippen MR) is 124 cm³/mol. The zero-order valence-corrected chi connectivity index (χ0v) is 17.9. The first-order valence-corrected chi connectivity index (χ1v) is 11.2. The molecule has 0 bridgehead atoms. The van der Waals surface area contributed by atoms with Crippen molar-refractivity contribution in [2.45, 2.75) is 39.2 Å². The molecular formula is C27H28N2O2. The molecule has 3 aromatic rings. The Labute approximate surface area is 183 Å². The molecule has 0 spiro atoms. The third-order valence-electron chi connectivity index (χ3n) is 7.17. The average Bonchev–Trinajstić information content (AvgIpc) is 3.44. The van der Waals surface area contributed by atoms with Gasteiger partial charge in [-0.2, -0.15) is 5.10 Å². The van der Waals surface area contributed by atoms with E-state index in [-0.39, 0.29) is 17.2 Å². The van der Waals surface area contributed by atoms with Gasteiger partial charge in [-0.1, -0.05) is 74.4 Å². The fraction of sp³-hybridized carbons (Fsp3) is 0.333. The summed E-state index contributed by atoms with van der Waals surface area (Å²) in [6, 6.07) is 22.4. The van der Waals surface area contributed by atoms with Crippen molar-refractivity contribution in [2.24, 2.45) is 22.4 Å². The molecule has 0 saturated heterocycles. The molecule has 3 unspecified atom stereocenters. The Hall–Kier alpha value is -3.14. The second-order valence-corrected chi connectivity index (χ2v) is 9.03. The Morgan fingerprint density at radius 2 is 1.90 bits per heavy atom. The molecule has 4 heteroatoms. The van der Waals surface area contributed by atoms with Crippen LogP contribution in [0.2, 0.25) is 0 Å². The van der Waals surface area contributed by atoms with Gasteiger partial charge in [0.2, 0.25) is 5.91 Å². The molecule has 2 fully saturated rings. The highest BCUT2D eigenvalue weighted by atomic mass is 16.5. The smallest absolute Gasteiger partial charge is 0.244 e. The summed E-state index contributed by atoms with van der Waals surface area (Å²) < 4.78 is 6.14. The van der Waals surface area contributed by atoms with Crippen LogP contribution in [0.25, 0.3) is 10.8 Å². The number of hydrazone groups is 1. The number of hydrogen-bond acceptors (Lipinski definition) is 3. The molecule has 1 amide bonds. The standard InChI is InChI=1S/C27H28N2O2/c1-27-16-7-6-14-23(27)25(27)26(30)29-28-17-20-10-3-5-15-24(20)31-18-21-12-8-11-19-9-2-4-13-22(19)21/h2-5,8-13,15,17,23,25H,6-7,14,16,18H2,1H3,(H,29,30). The van der Waals surface area contributed by atoms with E-state index in [1.165, 1.54) is 30.0 Å². The summed E-state index contributed by atoms with van der Waals surface area (Å²) in [6.45, 7) is 2.72. The number of fused-ring (bicyclic) bond motifs is 2. The van der Waals surface area contributed by atoms with Crippen LogP contribution in [0.1, 0.15) is 43.7 Å². The third-order valence-corrected chi connectivity index (χ3v) is 7.17. The molecule has 2 aliphatic carbocycles. The molecule has 3 aromatic carbocycles. The summed E-state index contributed by atoms with van der Waals surface area (Å²) in [7, 11) is 0. The molecule has 2 saturated carbocycles. The van der Waals surface area contributed by atoms with Crippen LogP contribution < -0.4 is 10.2 Å². The van der Waals surface area contributed by atoms with Gasteiger partial charge in [-0.15, -0.1) is 0 Å². The highest BCUT2D eigenvalue weighted by Crippen LogP contribution is 2.66. The van der Waals surface area contributed by atoms with Gasteiger partial charge in [0.15, 0.2) is 0 Å². The maximum Gasteiger partial charge on any atom is 0.244 e. The van der Waals surface area contributed by atoms with Gasteiger partial charge in [0.05, 0.1) is 6.21 Å². The quantitative estimate of drug-likeness (QED) is 0.417. The van der Waals surface area contributed by atoms with Gasteiger partial charge in [-0.05, 0) is 52.6 Å². The maximum atomic E-state index is 12.6. The van der Waals surface area contributed by atoms with Crippen LogP contribution in [0.3, 0.4) is 0 Å². The summed E-state index contributed by atoms with van der Waals surface area (Å²) in [5.74, 6) is 1.46. The summed E-state index contributed by atoms with van der Waals surface area (Å²) in [5, 5.41) is 6.65. The molecule has 5 rings (SSSR count). The molecule has 158 valence electrons. The minimum Gasteiger partial charge on any atom is -0.488 e. The largest absolute Gasteiger partial charge is 0.488 e. The lowest BCUT2D eigenvalue weighted by molar-refractivity contribution is -0.123. The zero-order valence-electron chi connectivity index (χ0n) is 17.9. The predicted octanol–water partition coefficient (Wildman–Crippen LogP) is 5.70. The van der Waals surface area contributed by atoms with E-state index in [2.05, 4.69) is 47.8 Å². The fourth-order valence-electron chi connectivity index (χ4n) is 5.38. The number of benzene rings is 3. The molecule has 2 aliphatic rings. The van der Waals surface area contributed by atoms with Crippen LogP contribution >= 0.6 is 0 Å². The Bertz CT molecular complexity index is 1130. The monoisotopic (exact) mass is 412 g/mol.